The van der Waals surface area contributed by atoms with Crippen LogP contribution in [-0.4, -0.2) is 43.4 Å². The molecule has 2 N–H and O–H groups in total. The van der Waals surface area contributed by atoms with Crippen LogP contribution < -0.4 is 10.6 Å². The zero-order valence-electron chi connectivity index (χ0n) is 15.7. The molecule has 3 rings (SSSR count). The normalized spacial score (nSPS) is 19.1. The molecule has 0 aromatic heterocycles. The van der Waals surface area contributed by atoms with Crippen LogP contribution in [0.5, 0.6) is 0 Å². The second-order valence-corrected chi connectivity index (χ2v) is 7.40. The van der Waals surface area contributed by atoms with Gasteiger partial charge in [0.2, 0.25) is 5.91 Å². The molecule has 1 aliphatic heterocycles. The predicted octanol–water partition coefficient (Wildman–Crippen LogP) is 3.15. The van der Waals surface area contributed by atoms with Crippen molar-refractivity contribution in [3.63, 3.8) is 0 Å². The lowest BCUT2D eigenvalue weighted by Gasteiger charge is -2.33. The van der Waals surface area contributed by atoms with Crippen LogP contribution in [0.25, 0.3) is 0 Å². The number of rotatable bonds is 4. The Morgan fingerprint density at radius 3 is 2.54 bits per heavy atom. The van der Waals surface area contributed by atoms with E-state index in [1.165, 1.54) is 38.5 Å². The molecular weight excluding hydrogens is 439 g/mol. The van der Waals surface area contributed by atoms with Crippen LogP contribution in [0.3, 0.4) is 0 Å². The number of hydrogen-bond acceptors (Lipinski definition) is 2. The molecule has 1 amide bonds. The van der Waals surface area contributed by atoms with Crippen molar-refractivity contribution < 1.29 is 4.79 Å². The van der Waals surface area contributed by atoms with Crippen molar-refractivity contribution in [3.05, 3.63) is 35.9 Å². The first kappa shape index (κ1) is 21.0. The van der Waals surface area contributed by atoms with Gasteiger partial charge in [0, 0.05) is 26.7 Å². The van der Waals surface area contributed by atoms with Crippen LogP contribution in [0.2, 0.25) is 0 Å². The number of halogens is 1. The van der Waals surface area contributed by atoms with E-state index >= 15 is 0 Å². The Morgan fingerprint density at radius 1 is 1.12 bits per heavy atom. The minimum atomic E-state index is -0.00317. The fourth-order valence-corrected chi connectivity index (χ4v) is 4.18. The monoisotopic (exact) mass is 470 g/mol. The molecule has 2 aliphatic rings. The van der Waals surface area contributed by atoms with Gasteiger partial charge in [0.15, 0.2) is 5.96 Å². The largest absolute Gasteiger partial charge is 0.350 e. The molecule has 1 aromatic rings. The summed E-state index contributed by atoms with van der Waals surface area (Å²) in [5, 5.41) is 6.18. The van der Waals surface area contributed by atoms with E-state index in [0.29, 0.717) is 12.0 Å². The molecule has 1 spiro atoms. The Morgan fingerprint density at radius 2 is 1.85 bits per heavy atom. The topological polar surface area (TPSA) is 56.7 Å². The van der Waals surface area contributed by atoms with Crippen LogP contribution in [0.15, 0.2) is 35.3 Å². The van der Waals surface area contributed by atoms with E-state index in [4.69, 9.17) is 0 Å². The highest BCUT2D eigenvalue weighted by atomic mass is 127. The number of benzene rings is 1. The van der Waals surface area contributed by atoms with Gasteiger partial charge in [0.1, 0.15) is 0 Å². The van der Waals surface area contributed by atoms with Crippen LogP contribution >= 0.6 is 24.0 Å². The quantitative estimate of drug-likeness (QED) is 0.404. The number of nitrogens with one attached hydrogen (secondary N) is 2. The summed E-state index contributed by atoms with van der Waals surface area (Å²) in [6.07, 6.45) is 8.06. The summed E-state index contributed by atoms with van der Waals surface area (Å²) in [5.41, 5.74) is 1.60. The maximum absolute atomic E-state index is 12.1. The fourth-order valence-electron chi connectivity index (χ4n) is 4.18. The molecule has 2 fully saturated rings. The van der Waals surface area contributed by atoms with Crippen LogP contribution in [0.4, 0.5) is 0 Å². The molecular formula is C20H31IN4O. The van der Waals surface area contributed by atoms with Gasteiger partial charge in [-0.05, 0) is 30.2 Å². The first-order valence-corrected chi connectivity index (χ1v) is 9.47. The third-order valence-corrected chi connectivity index (χ3v) is 5.60. The number of hydrogen-bond donors (Lipinski definition) is 2. The van der Waals surface area contributed by atoms with Gasteiger partial charge in [-0.1, -0.05) is 49.6 Å². The lowest BCUT2D eigenvalue weighted by Crippen LogP contribution is -2.45. The van der Waals surface area contributed by atoms with Gasteiger partial charge < -0.3 is 15.5 Å². The summed E-state index contributed by atoms with van der Waals surface area (Å²) in [6, 6.07) is 9.97. The van der Waals surface area contributed by atoms with E-state index in [-0.39, 0.29) is 36.4 Å². The summed E-state index contributed by atoms with van der Waals surface area (Å²) in [5.74, 6) is 0.855. The van der Waals surface area contributed by atoms with Crippen molar-refractivity contribution in [1.29, 1.82) is 0 Å². The zero-order chi connectivity index (χ0) is 17.5. The summed E-state index contributed by atoms with van der Waals surface area (Å²) in [7, 11) is 1.80. The summed E-state index contributed by atoms with van der Waals surface area (Å²) >= 11 is 0. The first-order chi connectivity index (χ1) is 12.2. The molecule has 1 saturated heterocycles. The Bertz CT molecular complexity index is 599. The molecule has 6 heteroatoms. The molecule has 1 heterocycles. The van der Waals surface area contributed by atoms with Gasteiger partial charge in [-0.2, -0.15) is 0 Å². The second kappa shape index (κ2) is 10.1. The van der Waals surface area contributed by atoms with Crippen molar-refractivity contribution in [1.82, 2.24) is 15.5 Å². The number of amides is 1. The van der Waals surface area contributed by atoms with Crippen LogP contribution in [0, 0.1) is 5.41 Å². The molecule has 26 heavy (non-hydrogen) atoms. The summed E-state index contributed by atoms with van der Waals surface area (Å²) in [6.45, 7) is 2.96. The highest BCUT2D eigenvalue weighted by Crippen LogP contribution is 2.43. The van der Waals surface area contributed by atoms with Crippen molar-refractivity contribution in [3.8, 4) is 0 Å². The Labute approximate surface area is 174 Å². The number of likely N-dealkylation sites (tertiary alicyclic amines) is 1. The fraction of sp³-hybridized carbons (Fsp3) is 0.600. The number of guanidine groups is 1. The minimum Gasteiger partial charge on any atom is -0.350 e. The molecule has 1 aromatic carbocycles. The van der Waals surface area contributed by atoms with Gasteiger partial charge in [-0.25, -0.2) is 0 Å². The molecule has 1 aliphatic carbocycles. The predicted molar refractivity (Wildman–Crippen MR) is 117 cm³/mol. The molecule has 0 unspecified atom stereocenters. The molecule has 0 bridgehead atoms. The third-order valence-electron chi connectivity index (χ3n) is 5.60. The van der Waals surface area contributed by atoms with Crippen molar-refractivity contribution in [2.24, 2.45) is 10.4 Å². The number of aliphatic imine (C=N–C) groups is 1. The van der Waals surface area contributed by atoms with Crippen LogP contribution in [-0.2, 0) is 11.3 Å². The van der Waals surface area contributed by atoms with Crippen molar-refractivity contribution >= 4 is 35.8 Å². The zero-order valence-corrected chi connectivity index (χ0v) is 18.0. The molecule has 0 radical (unpaired) electrons. The molecule has 1 saturated carbocycles. The summed E-state index contributed by atoms with van der Waals surface area (Å²) < 4.78 is 0. The summed E-state index contributed by atoms with van der Waals surface area (Å²) in [4.78, 5) is 18.8. The van der Waals surface area contributed by atoms with Gasteiger partial charge in [-0.3, -0.25) is 9.79 Å². The smallest absolute Gasteiger partial charge is 0.239 e. The Hall–Kier alpha value is -1.31. The van der Waals surface area contributed by atoms with Crippen molar-refractivity contribution in [2.45, 2.75) is 45.1 Å². The number of nitrogens with zero attached hydrogens (tertiary/aromatic N) is 2. The highest BCUT2D eigenvalue weighted by Gasteiger charge is 2.39. The van der Waals surface area contributed by atoms with Crippen molar-refractivity contribution in [2.75, 3.05) is 26.7 Å². The first-order valence-electron chi connectivity index (χ1n) is 9.47. The maximum atomic E-state index is 12.1. The van der Waals surface area contributed by atoms with E-state index in [9.17, 15) is 4.79 Å². The third kappa shape index (κ3) is 5.59. The average molecular weight is 470 g/mol. The van der Waals surface area contributed by atoms with Gasteiger partial charge in [0.25, 0.3) is 0 Å². The SMILES string of the molecule is CN=C(NCC(=O)NCc1ccccc1)N1CCC2(CCCCC2)C1.I. The van der Waals surface area contributed by atoms with Crippen LogP contribution in [0.1, 0.15) is 44.1 Å². The van der Waals surface area contributed by atoms with E-state index < -0.39 is 0 Å². The molecule has 144 valence electrons. The molecule has 0 atom stereocenters. The second-order valence-electron chi connectivity index (χ2n) is 7.40. The Balaban J connectivity index is 0.00000243. The van der Waals surface area contributed by atoms with Gasteiger partial charge in [0.05, 0.1) is 6.54 Å². The average Bonchev–Trinajstić information content (AvgIpc) is 3.05. The maximum Gasteiger partial charge on any atom is 0.239 e. The Kier molecular flexibility index (Phi) is 8.18. The van der Waals surface area contributed by atoms with E-state index in [1.807, 2.05) is 30.3 Å². The van der Waals surface area contributed by atoms with Gasteiger partial charge >= 0.3 is 0 Å². The lowest BCUT2D eigenvalue weighted by atomic mass is 9.73. The number of carbonyl (C=O) groups is 1. The standard InChI is InChI=1S/C20H30N4O.HI/c1-21-19(24-13-12-20(16-24)10-6-3-7-11-20)23-15-18(25)22-14-17-8-4-2-5-9-17;/h2,4-5,8-9H,3,6-7,10-16H2,1H3,(H,21,23)(H,22,25);1H. The minimum absolute atomic E-state index is 0. The van der Waals surface area contributed by atoms with E-state index in [2.05, 4.69) is 20.5 Å². The lowest BCUT2D eigenvalue weighted by molar-refractivity contribution is -0.120. The van der Waals surface area contributed by atoms with E-state index in [1.54, 1.807) is 7.05 Å². The molecule has 5 nitrogen and oxygen atoms in total. The van der Waals surface area contributed by atoms with E-state index in [0.717, 1.165) is 24.6 Å². The van der Waals surface area contributed by atoms with Gasteiger partial charge in [-0.15, -0.1) is 24.0 Å². The highest BCUT2D eigenvalue weighted by molar-refractivity contribution is 14.0. The number of carbonyl (C=O) groups excluding carboxylic acids is 1.